The first-order valence-electron chi connectivity index (χ1n) is 4.59. The number of aromatic nitrogens is 3. The largest absolute Gasteiger partial charge is 0.369 e. The van der Waals surface area contributed by atoms with E-state index in [9.17, 15) is 0 Å². The van der Waals surface area contributed by atoms with Gasteiger partial charge in [0.25, 0.3) is 0 Å². The van der Waals surface area contributed by atoms with Gasteiger partial charge >= 0.3 is 0 Å². The van der Waals surface area contributed by atoms with Crippen molar-refractivity contribution in [2.45, 2.75) is 18.8 Å². The van der Waals surface area contributed by atoms with E-state index in [-0.39, 0.29) is 0 Å². The molecule has 1 saturated carbocycles. The second kappa shape index (κ2) is 2.81. The fourth-order valence-corrected chi connectivity index (χ4v) is 2.40. The molecule has 5 heteroatoms. The molecule has 0 spiro atoms. The van der Waals surface area contributed by atoms with Gasteiger partial charge in [-0.1, -0.05) is 0 Å². The summed E-state index contributed by atoms with van der Waals surface area (Å²) < 4.78 is 0. The Balaban J connectivity index is 2.06. The van der Waals surface area contributed by atoms with Crippen LogP contribution >= 0.6 is 11.3 Å². The number of anilines is 1. The number of nitrogens with two attached hydrogens (primary N) is 1. The number of hydrogen-bond acceptors (Lipinski definition) is 4. The highest BCUT2D eigenvalue weighted by atomic mass is 32.1. The summed E-state index contributed by atoms with van der Waals surface area (Å²) in [7, 11) is 0. The normalized spacial score (nSPS) is 16.0. The zero-order valence-corrected chi connectivity index (χ0v) is 8.34. The second-order valence-corrected chi connectivity index (χ2v) is 4.38. The van der Waals surface area contributed by atoms with Crippen LogP contribution in [0.15, 0.2) is 11.7 Å². The van der Waals surface area contributed by atoms with Crippen LogP contribution in [0.1, 0.15) is 24.5 Å². The maximum absolute atomic E-state index is 5.54. The smallest absolute Gasteiger partial charge is 0.197 e. The van der Waals surface area contributed by atoms with Crippen LogP contribution in [0.3, 0.4) is 0 Å². The number of aromatic amines is 1. The monoisotopic (exact) mass is 206 g/mol. The third-order valence-corrected chi connectivity index (χ3v) is 3.27. The quantitative estimate of drug-likeness (QED) is 0.789. The molecule has 0 atom stereocenters. The van der Waals surface area contributed by atoms with Gasteiger partial charge in [0.05, 0.1) is 28.0 Å². The van der Waals surface area contributed by atoms with Crippen molar-refractivity contribution in [1.29, 1.82) is 0 Å². The van der Waals surface area contributed by atoms with E-state index >= 15 is 0 Å². The molecular weight excluding hydrogens is 196 g/mol. The Morgan fingerprint density at radius 1 is 1.43 bits per heavy atom. The van der Waals surface area contributed by atoms with E-state index in [1.807, 2.05) is 5.51 Å². The first kappa shape index (κ1) is 7.99. The molecule has 1 aliphatic carbocycles. The highest BCUT2D eigenvalue weighted by molar-refractivity contribution is 7.13. The summed E-state index contributed by atoms with van der Waals surface area (Å²) in [5.74, 6) is 1.14. The number of imidazole rings is 1. The summed E-state index contributed by atoms with van der Waals surface area (Å²) in [5, 5.41) is 0. The predicted molar refractivity (Wildman–Crippen MR) is 56.1 cm³/mol. The number of rotatable bonds is 2. The first-order valence-corrected chi connectivity index (χ1v) is 5.47. The van der Waals surface area contributed by atoms with Crippen LogP contribution in [0.25, 0.3) is 10.6 Å². The Morgan fingerprint density at radius 3 is 2.93 bits per heavy atom. The summed E-state index contributed by atoms with van der Waals surface area (Å²) in [6.45, 7) is 0. The minimum atomic E-state index is 0.468. The van der Waals surface area contributed by atoms with E-state index in [1.54, 1.807) is 17.5 Å². The lowest BCUT2D eigenvalue weighted by Gasteiger charge is -1.95. The van der Waals surface area contributed by atoms with Crippen molar-refractivity contribution in [2.24, 2.45) is 0 Å². The van der Waals surface area contributed by atoms with Crippen LogP contribution in [0.5, 0.6) is 0 Å². The average Bonchev–Trinajstić information content (AvgIpc) is 2.75. The standard InChI is InChI=1S/C9H10N4S/c10-9-11-3-6(13-9)8-7(5-1-2-5)12-4-14-8/h3-5H,1-2H2,(H3,10,11,13). The topological polar surface area (TPSA) is 67.6 Å². The molecule has 1 fully saturated rings. The number of nitrogens with zero attached hydrogens (tertiary/aromatic N) is 2. The Bertz CT molecular complexity index is 455. The van der Waals surface area contributed by atoms with Gasteiger partial charge in [-0.2, -0.15) is 0 Å². The van der Waals surface area contributed by atoms with E-state index in [0.717, 1.165) is 5.69 Å². The van der Waals surface area contributed by atoms with Gasteiger partial charge in [-0.3, -0.25) is 0 Å². The van der Waals surface area contributed by atoms with Gasteiger partial charge in [0.2, 0.25) is 0 Å². The molecule has 2 heterocycles. The van der Waals surface area contributed by atoms with Gasteiger partial charge in [0.1, 0.15) is 0 Å². The SMILES string of the molecule is Nc1ncc(-c2scnc2C2CC2)[nH]1. The predicted octanol–water partition coefficient (Wildman–Crippen LogP) is 1.99. The van der Waals surface area contributed by atoms with Crippen LogP contribution < -0.4 is 5.73 Å². The van der Waals surface area contributed by atoms with Crippen LogP contribution in [-0.4, -0.2) is 15.0 Å². The van der Waals surface area contributed by atoms with Gasteiger partial charge < -0.3 is 10.7 Å². The van der Waals surface area contributed by atoms with E-state index in [1.165, 1.54) is 23.4 Å². The van der Waals surface area contributed by atoms with Crippen molar-refractivity contribution in [2.75, 3.05) is 5.73 Å². The van der Waals surface area contributed by atoms with Crippen LogP contribution in [0.4, 0.5) is 5.95 Å². The highest BCUT2D eigenvalue weighted by Crippen LogP contribution is 2.44. The Labute approximate surface area is 85.2 Å². The highest BCUT2D eigenvalue weighted by Gasteiger charge is 2.29. The fraction of sp³-hybridized carbons (Fsp3) is 0.333. The fourth-order valence-electron chi connectivity index (χ4n) is 1.56. The molecule has 72 valence electrons. The van der Waals surface area contributed by atoms with Gasteiger partial charge in [-0.15, -0.1) is 11.3 Å². The van der Waals surface area contributed by atoms with Crippen molar-refractivity contribution in [3.8, 4) is 10.6 Å². The van der Waals surface area contributed by atoms with Crippen LogP contribution in [0, 0.1) is 0 Å². The summed E-state index contributed by atoms with van der Waals surface area (Å²) >= 11 is 1.65. The molecule has 2 aromatic rings. The Kier molecular flexibility index (Phi) is 1.61. The summed E-state index contributed by atoms with van der Waals surface area (Å²) in [4.78, 5) is 12.6. The number of hydrogen-bond donors (Lipinski definition) is 2. The van der Waals surface area contributed by atoms with Gasteiger partial charge in [-0.05, 0) is 12.8 Å². The summed E-state index contributed by atoms with van der Waals surface area (Å²) in [6, 6.07) is 0. The van der Waals surface area contributed by atoms with Crippen molar-refractivity contribution < 1.29 is 0 Å². The minimum absolute atomic E-state index is 0.468. The lowest BCUT2D eigenvalue weighted by Crippen LogP contribution is -1.86. The van der Waals surface area contributed by atoms with Crippen molar-refractivity contribution in [1.82, 2.24) is 15.0 Å². The van der Waals surface area contributed by atoms with Crippen molar-refractivity contribution in [3.05, 3.63) is 17.4 Å². The van der Waals surface area contributed by atoms with E-state index < -0.39 is 0 Å². The van der Waals surface area contributed by atoms with Crippen LogP contribution in [0.2, 0.25) is 0 Å². The Morgan fingerprint density at radius 2 is 2.29 bits per heavy atom. The average molecular weight is 206 g/mol. The molecule has 3 rings (SSSR count). The summed E-state index contributed by atoms with van der Waals surface area (Å²) in [6.07, 6.45) is 4.30. The van der Waals surface area contributed by atoms with Gasteiger partial charge in [0.15, 0.2) is 5.95 Å². The molecular formula is C9H10N4S. The number of nitrogens with one attached hydrogen (secondary N) is 1. The molecule has 1 aliphatic rings. The Hall–Kier alpha value is -1.36. The molecule has 0 amide bonds. The van der Waals surface area contributed by atoms with Crippen molar-refractivity contribution in [3.63, 3.8) is 0 Å². The van der Waals surface area contributed by atoms with Crippen LogP contribution in [-0.2, 0) is 0 Å². The molecule has 0 unspecified atom stereocenters. The van der Waals surface area contributed by atoms with E-state index in [0.29, 0.717) is 11.9 Å². The lowest BCUT2D eigenvalue weighted by atomic mass is 10.2. The molecule has 0 bridgehead atoms. The van der Waals surface area contributed by atoms with E-state index in [4.69, 9.17) is 5.73 Å². The molecule has 14 heavy (non-hydrogen) atoms. The van der Waals surface area contributed by atoms with Gasteiger partial charge in [0, 0.05) is 5.92 Å². The molecule has 4 nitrogen and oxygen atoms in total. The zero-order valence-electron chi connectivity index (χ0n) is 7.53. The third-order valence-electron chi connectivity index (χ3n) is 2.40. The number of H-pyrrole nitrogens is 1. The molecule has 0 radical (unpaired) electrons. The van der Waals surface area contributed by atoms with Crippen molar-refractivity contribution >= 4 is 17.3 Å². The number of thiazole rings is 1. The zero-order chi connectivity index (χ0) is 9.54. The molecule has 0 aromatic carbocycles. The molecule has 2 aromatic heterocycles. The van der Waals surface area contributed by atoms with Gasteiger partial charge in [-0.25, -0.2) is 9.97 Å². The van der Waals surface area contributed by atoms with E-state index in [2.05, 4.69) is 15.0 Å². The molecule has 0 saturated heterocycles. The number of nitrogen functional groups attached to an aromatic ring is 1. The second-order valence-electron chi connectivity index (χ2n) is 3.52. The molecule has 3 N–H and O–H groups in total. The lowest BCUT2D eigenvalue weighted by molar-refractivity contribution is 1.05. The molecule has 0 aliphatic heterocycles. The maximum atomic E-state index is 5.54. The maximum Gasteiger partial charge on any atom is 0.197 e. The first-order chi connectivity index (χ1) is 6.84. The minimum Gasteiger partial charge on any atom is -0.369 e. The summed E-state index contributed by atoms with van der Waals surface area (Å²) in [5.41, 5.74) is 9.63. The third kappa shape index (κ3) is 1.21.